The first kappa shape index (κ1) is 15.3. The number of likely N-dealkylation sites (tertiary alicyclic amines) is 1. The summed E-state index contributed by atoms with van der Waals surface area (Å²) in [4.78, 5) is 2.80. The minimum Gasteiger partial charge on any atom is -0.381 e. The van der Waals surface area contributed by atoms with Crippen LogP contribution in [-0.2, 0) is 4.74 Å². The first-order valence-corrected chi connectivity index (χ1v) is 8.26. The Morgan fingerprint density at radius 2 is 2.00 bits per heavy atom. The van der Waals surface area contributed by atoms with Crippen molar-refractivity contribution in [2.24, 2.45) is 5.41 Å². The van der Waals surface area contributed by atoms with Gasteiger partial charge < -0.3 is 10.1 Å². The maximum Gasteiger partial charge on any atom is 0.0472 e. The Bertz CT molecular complexity index is 246. The number of hydrogen-bond donors (Lipinski definition) is 1. The van der Waals surface area contributed by atoms with Crippen molar-refractivity contribution in [3.63, 3.8) is 0 Å². The van der Waals surface area contributed by atoms with E-state index >= 15 is 0 Å². The van der Waals surface area contributed by atoms with Crippen LogP contribution >= 0.6 is 0 Å². The van der Waals surface area contributed by atoms with Crippen molar-refractivity contribution in [3.8, 4) is 0 Å². The Kier molecular flexibility index (Phi) is 6.11. The lowest BCUT2D eigenvalue weighted by Crippen LogP contribution is -2.49. The van der Waals surface area contributed by atoms with Gasteiger partial charge in [0.25, 0.3) is 0 Å². The molecule has 0 aromatic heterocycles. The van der Waals surface area contributed by atoms with Gasteiger partial charge in [0.15, 0.2) is 0 Å². The van der Waals surface area contributed by atoms with E-state index in [4.69, 9.17) is 4.74 Å². The molecule has 0 aromatic carbocycles. The maximum atomic E-state index is 5.59. The van der Waals surface area contributed by atoms with Crippen LogP contribution in [0.4, 0.5) is 0 Å². The normalized spacial score (nSPS) is 29.1. The fraction of sp³-hybridized carbons (Fsp3) is 1.00. The zero-order chi connectivity index (χ0) is 13.6. The van der Waals surface area contributed by atoms with Crippen molar-refractivity contribution < 1.29 is 4.74 Å². The first-order valence-electron chi connectivity index (χ1n) is 8.26. The van der Waals surface area contributed by atoms with Gasteiger partial charge >= 0.3 is 0 Å². The zero-order valence-corrected chi connectivity index (χ0v) is 12.9. The largest absolute Gasteiger partial charge is 0.381 e. The number of nitrogens with zero attached hydrogens (tertiary/aromatic N) is 1. The van der Waals surface area contributed by atoms with Gasteiger partial charge in [-0.25, -0.2) is 0 Å². The van der Waals surface area contributed by atoms with Gasteiger partial charge in [0.2, 0.25) is 0 Å². The molecule has 112 valence electrons. The van der Waals surface area contributed by atoms with E-state index in [0.29, 0.717) is 5.41 Å². The van der Waals surface area contributed by atoms with Crippen LogP contribution in [0.3, 0.4) is 0 Å². The van der Waals surface area contributed by atoms with Crippen molar-refractivity contribution in [3.05, 3.63) is 0 Å². The summed E-state index contributed by atoms with van der Waals surface area (Å²) in [7, 11) is 2.09. The molecule has 1 N–H and O–H groups in total. The fourth-order valence-electron chi connectivity index (χ4n) is 3.91. The highest BCUT2D eigenvalue weighted by atomic mass is 16.5. The molecule has 3 heteroatoms. The molecule has 2 aliphatic heterocycles. The van der Waals surface area contributed by atoms with Gasteiger partial charge in [-0.3, -0.25) is 4.90 Å². The summed E-state index contributed by atoms with van der Waals surface area (Å²) in [5.41, 5.74) is 0.449. The zero-order valence-electron chi connectivity index (χ0n) is 12.9. The molecule has 0 aliphatic carbocycles. The van der Waals surface area contributed by atoms with E-state index in [0.717, 1.165) is 25.8 Å². The predicted octanol–water partition coefficient (Wildman–Crippen LogP) is 2.66. The molecule has 19 heavy (non-hydrogen) atoms. The van der Waals surface area contributed by atoms with E-state index in [1.165, 1.54) is 58.0 Å². The second kappa shape index (κ2) is 7.61. The molecule has 1 unspecified atom stereocenters. The Hall–Kier alpha value is -0.120. The molecular weight excluding hydrogens is 236 g/mol. The molecular formula is C16H32N2O. The lowest BCUT2D eigenvalue weighted by atomic mass is 9.79. The first-order chi connectivity index (χ1) is 9.29. The van der Waals surface area contributed by atoms with Gasteiger partial charge in [-0.1, -0.05) is 19.8 Å². The van der Waals surface area contributed by atoms with Crippen LogP contribution in [0, 0.1) is 5.41 Å². The quantitative estimate of drug-likeness (QED) is 0.829. The van der Waals surface area contributed by atoms with Gasteiger partial charge in [-0.2, -0.15) is 0 Å². The van der Waals surface area contributed by atoms with E-state index < -0.39 is 0 Å². The molecule has 0 aromatic rings. The van der Waals surface area contributed by atoms with Crippen LogP contribution in [0.1, 0.15) is 51.9 Å². The molecule has 0 amide bonds. The van der Waals surface area contributed by atoms with Crippen molar-refractivity contribution in [2.75, 3.05) is 39.9 Å². The fourth-order valence-corrected chi connectivity index (χ4v) is 3.91. The summed E-state index contributed by atoms with van der Waals surface area (Å²) in [6, 6.07) is 0.819. The second-order valence-corrected chi connectivity index (χ2v) is 6.52. The van der Waals surface area contributed by atoms with Crippen molar-refractivity contribution in [1.29, 1.82) is 0 Å². The predicted molar refractivity (Wildman–Crippen MR) is 80.5 cm³/mol. The average molecular weight is 268 g/mol. The van der Waals surface area contributed by atoms with Crippen LogP contribution in [0.25, 0.3) is 0 Å². The van der Waals surface area contributed by atoms with Crippen LogP contribution in [-0.4, -0.2) is 50.8 Å². The Morgan fingerprint density at radius 1 is 1.21 bits per heavy atom. The van der Waals surface area contributed by atoms with E-state index in [-0.39, 0.29) is 0 Å². The second-order valence-electron chi connectivity index (χ2n) is 6.52. The molecule has 1 atom stereocenters. The lowest BCUT2D eigenvalue weighted by molar-refractivity contribution is -0.0110. The molecule has 3 nitrogen and oxygen atoms in total. The summed E-state index contributed by atoms with van der Waals surface area (Å²) < 4.78 is 5.59. The number of nitrogens with one attached hydrogen (secondary N) is 1. The standard InChI is InChI=1S/C16H32N2O/c1-3-15-7-5-4-6-10-18(15)14-16(13-17-2)8-11-19-12-9-16/h15,17H,3-14H2,1-2H3. The van der Waals surface area contributed by atoms with Gasteiger partial charge in [0, 0.05) is 32.3 Å². The van der Waals surface area contributed by atoms with Gasteiger partial charge in [0.1, 0.15) is 0 Å². The van der Waals surface area contributed by atoms with Crippen molar-refractivity contribution in [2.45, 2.75) is 57.9 Å². The highest BCUT2D eigenvalue weighted by molar-refractivity contribution is 4.89. The minimum atomic E-state index is 0.449. The topological polar surface area (TPSA) is 24.5 Å². The smallest absolute Gasteiger partial charge is 0.0472 e. The summed E-state index contributed by atoms with van der Waals surface area (Å²) in [6.45, 7) is 7.99. The van der Waals surface area contributed by atoms with Crippen LogP contribution in [0.2, 0.25) is 0 Å². The number of ether oxygens (including phenoxy) is 1. The van der Waals surface area contributed by atoms with Gasteiger partial charge in [-0.05, 0) is 51.1 Å². The molecule has 2 saturated heterocycles. The van der Waals surface area contributed by atoms with E-state index in [9.17, 15) is 0 Å². The maximum absolute atomic E-state index is 5.59. The van der Waals surface area contributed by atoms with Gasteiger partial charge in [0.05, 0.1) is 0 Å². The molecule has 0 radical (unpaired) electrons. The lowest BCUT2D eigenvalue weighted by Gasteiger charge is -2.43. The monoisotopic (exact) mass is 268 g/mol. The minimum absolute atomic E-state index is 0.449. The number of hydrogen-bond acceptors (Lipinski definition) is 3. The third kappa shape index (κ3) is 4.17. The van der Waals surface area contributed by atoms with Crippen molar-refractivity contribution in [1.82, 2.24) is 10.2 Å². The average Bonchev–Trinajstić information content (AvgIpc) is 2.65. The van der Waals surface area contributed by atoms with Crippen LogP contribution in [0.15, 0.2) is 0 Å². The molecule has 2 aliphatic rings. The highest BCUT2D eigenvalue weighted by Gasteiger charge is 2.35. The third-order valence-corrected chi connectivity index (χ3v) is 5.11. The molecule has 2 fully saturated rings. The molecule has 2 heterocycles. The Labute approximate surface area is 119 Å². The van der Waals surface area contributed by atoms with Crippen molar-refractivity contribution >= 4 is 0 Å². The molecule has 2 rings (SSSR count). The summed E-state index contributed by atoms with van der Waals surface area (Å²) >= 11 is 0. The number of rotatable bonds is 5. The van der Waals surface area contributed by atoms with E-state index in [1.54, 1.807) is 0 Å². The summed E-state index contributed by atoms with van der Waals surface area (Å²) in [5.74, 6) is 0. The van der Waals surface area contributed by atoms with Gasteiger partial charge in [-0.15, -0.1) is 0 Å². The molecule has 0 bridgehead atoms. The summed E-state index contributed by atoms with van der Waals surface area (Å²) in [6.07, 6.45) is 9.41. The summed E-state index contributed by atoms with van der Waals surface area (Å²) in [5, 5.41) is 3.43. The Balaban J connectivity index is 2.01. The third-order valence-electron chi connectivity index (χ3n) is 5.11. The molecule has 0 spiro atoms. The molecule has 0 saturated carbocycles. The van der Waals surface area contributed by atoms with Crippen LogP contribution < -0.4 is 5.32 Å². The highest BCUT2D eigenvalue weighted by Crippen LogP contribution is 2.33. The SMILES string of the molecule is CCC1CCCCCN1CC1(CNC)CCOCC1. The van der Waals surface area contributed by atoms with Crippen LogP contribution in [0.5, 0.6) is 0 Å². The Morgan fingerprint density at radius 3 is 2.68 bits per heavy atom. The van der Waals surface area contributed by atoms with E-state index in [2.05, 4.69) is 24.2 Å². The van der Waals surface area contributed by atoms with E-state index in [1.807, 2.05) is 0 Å².